The largest absolute Gasteiger partial charge is 0.354 e. The summed E-state index contributed by atoms with van der Waals surface area (Å²) in [6.07, 6.45) is 0. The molecule has 0 radical (unpaired) electrons. The Morgan fingerprint density at radius 3 is 2.31 bits per heavy atom. The van der Waals surface area contributed by atoms with Crippen molar-refractivity contribution in [3.63, 3.8) is 0 Å². The molecule has 0 saturated heterocycles. The fourth-order valence-electron chi connectivity index (χ4n) is 2.84. The number of H-pyrrole nitrogens is 1. The molecule has 0 unspecified atom stereocenters. The lowest BCUT2D eigenvalue weighted by atomic mass is 10.1. The number of rotatable bonds is 4. The van der Waals surface area contributed by atoms with Crippen LogP contribution in [0.4, 0.5) is 10.1 Å². The van der Waals surface area contributed by atoms with Gasteiger partial charge in [-0.3, -0.25) is 4.72 Å². The predicted octanol–water partition coefficient (Wildman–Crippen LogP) is 4.77. The predicted molar refractivity (Wildman–Crippen MR) is 101 cm³/mol. The fourth-order valence-corrected chi connectivity index (χ4v) is 3.92. The molecule has 0 atom stereocenters. The van der Waals surface area contributed by atoms with Gasteiger partial charge >= 0.3 is 0 Å². The van der Waals surface area contributed by atoms with E-state index in [2.05, 4.69) is 9.71 Å². The minimum atomic E-state index is -3.82. The second-order valence-electron chi connectivity index (χ2n) is 5.88. The fraction of sp³-hybridized carbons (Fsp3) is 0. The van der Waals surface area contributed by atoms with Crippen LogP contribution in [-0.4, -0.2) is 13.4 Å². The SMILES string of the molecule is O=S(=O)(Nc1ccccc1-c1cc2ccccc2[nH]1)c1ccc(F)cc1. The third-order valence-electron chi connectivity index (χ3n) is 4.12. The summed E-state index contributed by atoms with van der Waals surface area (Å²) in [5, 5.41) is 1.04. The maximum absolute atomic E-state index is 13.1. The monoisotopic (exact) mass is 366 g/mol. The standard InChI is InChI=1S/C20H15FN2O2S/c21-15-9-11-16(12-10-15)26(24,25)23-19-8-4-2-6-17(19)20-13-14-5-1-3-7-18(14)22-20/h1-13,22-23H. The zero-order chi connectivity index (χ0) is 18.1. The average molecular weight is 366 g/mol. The van der Waals surface area contributed by atoms with Crippen molar-refractivity contribution in [3.05, 3.63) is 84.7 Å². The minimum absolute atomic E-state index is 0.00495. The molecule has 0 fully saturated rings. The van der Waals surface area contributed by atoms with Gasteiger partial charge in [0.2, 0.25) is 0 Å². The van der Waals surface area contributed by atoms with Crippen LogP contribution in [-0.2, 0) is 10.0 Å². The van der Waals surface area contributed by atoms with Gasteiger partial charge in [0.05, 0.1) is 10.6 Å². The summed E-state index contributed by atoms with van der Waals surface area (Å²) >= 11 is 0. The summed E-state index contributed by atoms with van der Waals surface area (Å²) in [7, 11) is -3.82. The lowest BCUT2D eigenvalue weighted by molar-refractivity contribution is 0.599. The van der Waals surface area contributed by atoms with Gasteiger partial charge in [-0.25, -0.2) is 12.8 Å². The molecular weight excluding hydrogens is 351 g/mol. The van der Waals surface area contributed by atoms with E-state index in [-0.39, 0.29) is 4.90 Å². The first-order valence-corrected chi connectivity index (χ1v) is 9.47. The topological polar surface area (TPSA) is 62.0 Å². The highest BCUT2D eigenvalue weighted by molar-refractivity contribution is 7.92. The second kappa shape index (κ2) is 6.31. The van der Waals surface area contributed by atoms with E-state index in [1.54, 1.807) is 12.1 Å². The number of aromatic amines is 1. The van der Waals surface area contributed by atoms with Crippen LogP contribution in [0.25, 0.3) is 22.2 Å². The Kier molecular flexibility index (Phi) is 3.97. The Labute approximate surface area is 150 Å². The van der Waals surface area contributed by atoms with Gasteiger partial charge in [-0.15, -0.1) is 0 Å². The van der Waals surface area contributed by atoms with Crippen molar-refractivity contribution < 1.29 is 12.8 Å². The summed E-state index contributed by atoms with van der Waals surface area (Å²) in [6, 6.07) is 21.7. The quantitative estimate of drug-likeness (QED) is 0.546. The zero-order valence-electron chi connectivity index (χ0n) is 13.6. The first kappa shape index (κ1) is 16.4. The number of benzene rings is 3. The molecule has 130 valence electrons. The normalized spacial score (nSPS) is 11.6. The van der Waals surface area contributed by atoms with E-state index in [0.717, 1.165) is 34.3 Å². The smallest absolute Gasteiger partial charge is 0.261 e. The lowest BCUT2D eigenvalue weighted by Crippen LogP contribution is -2.13. The van der Waals surface area contributed by atoms with E-state index in [9.17, 15) is 12.8 Å². The van der Waals surface area contributed by atoms with Gasteiger partial charge in [0.25, 0.3) is 10.0 Å². The van der Waals surface area contributed by atoms with Crippen molar-refractivity contribution in [1.82, 2.24) is 4.98 Å². The van der Waals surface area contributed by atoms with Gasteiger partial charge in [-0.2, -0.15) is 0 Å². The lowest BCUT2D eigenvalue weighted by Gasteiger charge is -2.12. The summed E-state index contributed by atoms with van der Waals surface area (Å²) in [5.74, 6) is -0.484. The van der Waals surface area contributed by atoms with Gasteiger partial charge < -0.3 is 4.98 Å². The molecule has 4 aromatic rings. The van der Waals surface area contributed by atoms with Gasteiger partial charge in [0, 0.05) is 22.2 Å². The van der Waals surface area contributed by atoms with E-state index in [0.29, 0.717) is 5.69 Å². The molecule has 26 heavy (non-hydrogen) atoms. The minimum Gasteiger partial charge on any atom is -0.354 e. The van der Waals surface area contributed by atoms with Crippen LogP contribution in [0.1, 0.15) is 0 Å². The summed E-state index contributed by atoms with van der Waals surface area (Å²) in [4.78, 5) is 3.31. The average Bonchev–Trinajstić information content (AvgIpc) is 3.06. The molecule has 0 spiro atoms. The van der Waals surface area contributed by atoms with Crippen molar-refractivity contribution in [2.75, 3.05) is 4.72 Å². The number of halogens is 1. The highest BCUT2D eigenvalue weighted by atomic mass is 32.2. The molecule has 0 amide bonds. The highest BCUT2D eigenvalue weighted by Gasteiger charge is 2.17. The summed E-state index contributed by atoms with van der Waals surface area (Å²) in [5.41, 5.74) is 2.96. The maximum atomic E-state index is 13.1. The second-order valence-corrected chi connectivity index (χ2v) is 7.56. The molecule has 4 rings (SSSR count). The molecule has 0 saturated carbocycles. The number of hydrogen-bond donors (Lipinski definition) is 2. The van der Waals surface area contributed by atoms with Crippen LogP contribution in [0.5, 0.6) is 0 Å². The molecule has 3 aromatic carbocycles. The van der Waals surface area contributed by atoms with E-state index < -0.39 is 15.8 Å². The Balaban J connectivity index is 1.75. The number of sulfonamides is 1. The van der Waals surface area contributed by atoms with Gasteiger partial charge in [-0.05, 0) is 42.5 Å². The Bertz CT molecular complexity index is 1150. The Morgan fingerprint density at radius 2 is 1.54 bits per heavy atom. The molecule has 6 heteroatoms. The molecule has 1 aromatic heterocycles. The highest BCUT2D eigenvalue weighted by Crippen LogP contribution is 2.31. The van der Waals surface area contributed by atoms with E-state index in [1.807, 2.05) is 42.5 Å². The van der Waals surface area contributed by atoms with E-state index >= 15 is 0 Å². The van der Waals surface area contributed by atoms with E-state index in [4.69, 9.17) is 0 Å². The van der Waals surface area contributed by atoms with E-state index in [1.165, 1.54) is 12.1 Å². The molecule has 1 heterocycles. The molecule has 0 bridgehead atoms. The van der Waals surface area contributed by atoms with Crippen molar-refractivity contribution in [1.29, 1.82) is 0 Å². The van der Waals surface area contributed by atoms with Gasteiger partial charge in [-0.1, -0.05) is 36.4 Å². The molecular formula is C20H15FN2O2S. The van der Waals surface area contributed by atoms with Crippen LogP contribution >= 0.6 is 0 Å². The summed E-state index contributed by atoms with van der Waals surface area (Å²) in [6.45, 7) is 0. The Morgan fingerprint density at radius 1 is 0.846 bits per heavy atom. The third kappa shape index (κ3) is 3.07. The number of nitrogens with one attached hydrogen (secondary N) is 2. The number of hydrogen-bond acceptors (Lipinski definition) is 2. The van der Waals surface area contributed by atoms with Crippen molar-refractivity contribution in [3.8, 4) is 11.3 Å². The van der Waals surface area contributed by atoms with Crippen molar-refractivity contribution in [2.45, 2.75) is 4.90 Å². The van der Waals surface area contributed by atoms with Crippen LogP contribution in [0.15, 0.2) is 83.8 Å². The third-order valence-corrected chi connectivity index (χ3v) is 5.50. The first-order valence-electron chi connectivity index (χ1n) is 7.98. The van der Waals surface area contributed by atoms with Crippen molar-refractivity contribution >= 4 is 26.6 Å². The van der Waals surface area contributed by atoms with Crippen LogP contribution in [0, 0.1) is 5.82 Å². The number of anilines is 1. The molecule has 0 aliphatic carbocycles. The van der Waals surface area contributed by atoms with Crippen LogP contribution in [0.3, 0.4) is 0 Å². The molecule has 2 N–H and O–H groups in total. The van der Waals surface area contributed by atoms with Gasteiger partial charge in [0.15, 0.2) is 0 Å². The maximum Gasteiger partial charge on any atom is 0.261 e. The number of aromatic nitrogens is 1. The first-order chi connectivity index (χ1) is 12.5. The zero-order valence-corrected chi connectivity index (χ0v) is 14.4. The summed E-state index contributed by atoms with van der Waals surface area (Å²) < 4.78 is 40.9. The van der Waals surface area contributed by atoms with Crippen LogP contribution < -0.4 is 4.72 Å². The van der Waals surface area contributed by atoms with Gasteiger partial charge in [0.1, 0.15) is 5.82 Å². The Hall–Kier alpha value is -3.12. The number of fused-ring (bicyclic) bond motifs is 1. The molecule has 0 aliphatic heterocycles. The molecule has 0 aliphatic rings. The van der Waals surface area contributed by atoms with Crippen molar-refractivity contribution in [2.24, 2.45) is 0 Å². The number of para-hydroxylation sites is 2. The van der Waals surface area contributed by atoms with Crippen LogP contribution in [0.2, 0.25) is 0 Å². The molecule has 4 nitrogen and oxygen atoms in total.